The average molecular weight is 381 g/mol. The molecule has 0 aromatic carbocycles. The average Bonchev–Trinajstić information content (AvgIpc) is 2.68. The zero-order chi connectivity index (χ0) is 19.7. The molecule has 1 saturated heterocycles. The summed E-state index contributed by atoms with van der Waals surface area (Å²) in [6.45, 7) is 9.15. The van der Waals surface area contributed by atoms with Crippen LogP contribution in [0.25, 0.3) is 0 Å². The Balaban J connectivity index is 1.84. The zero-order valence-corrected chi connectivity index (χ0v) is 17.6. The Labute approximate surface area is 165 Å². The summed E-state index contributed by atoms with van der Waals surface area (Å²) in [5, 5.41) is 17.5. The van der Waals surface area contributed by atoms with Crippen LogP contribution >= 0.6 is 0 Å². The first-order valence-corrected chi connectivity index (χ1v) is 11.1. The molecule has 1 aliphatic carbocycles. The van der Waals surface area contributed by atoms with Crippen molar-refractivity contribution in [2.75, 3.05) is 26.2 Å². The van der Waals surface area contributed by atoms with Gasteiger partial charge >= 0.3 is 0 Å². The first kappa shape index (κ1) is 22.0. The molecule has 0 unspecified atom stereocenters. The monoisotopic (exact) mass is 380 g/mol. The largest absolute Gasteiger partial charge is 0.388 e. The lowest BCUT2D eigenvalue weighted by atomic mass is 9.85. The third-order valence-corrected chi connectivity index (χ3v) is 6.14. The molecule has 0 aromatic rings. The lowest BCUT2D eigenvalue weighted by Crippen LogP contribution is -2.51. The van der Waals surface area contributed by atoms with Gasteiger partial charge in [0.05, 0.1) is 12.1 Å². The number of guanidine groups is 1. The Morgan fingerprint density at radius 2 is 1.78 bits per heavy atom. The number of hydrogen-bond donors (Lipinski definition) is 3. The Bertz CT molecular complexity index is 477. The minimum Gasteiger partial charge on any atom is -0.388 e. The van der Waals surface area contributed by atoms with Gasteiger partial charge in [0.15, 0.2) is 5.96 Å². The van der Waals surface area contributed by atoms with Crippen molar-refractivity contribution >= 4 is 11.9 Å². The fourth-order valence-corrected chi connectivity index (χ4v) is 4.25. The van der Waals surface area contributed by atoms with Crippen molar-refractivity contribution in [1.29, 1.82) is 0 Å². The van der Waals surface area contributed by atoms with E-state index < -0.39 is 5.60 Å². The molecule has 6 nitrogen and oxygen atoms in total. The highest BCUT2D eigenvalue weighted by atomic mass is 16.3. The molecular weight excluding hydrogens is 340 g/mol. The molecule has 0 spiro atoms. The number of rotatable bonds is 7. The second-order valence-corrected chi connectivity index (χ2v) is 8.24. The summed E-state index contributed by atoms with van der Waals surface area (Å²) >= 11 is 0. The zero-order valence-electron chi connectivity index (χ0n) is 17.6. The summed E-state index contributed by atoms with van der Waals surface area (Å²) < 4.78 is 0. The maximum Gasteiger partial charge on any atom is 0.225 e. The molecule has 2 fully saturated rings. The number of carbonyl (C=O) groups is 1. The van der Waals surface area contributed by atoms with Crippen molar-refractivity contribution in [3.8, 4) is 0 Å². The molecule has 2 rings (SSSR count). The minimum atomic E-state index is -0.633. The van der Waals surface area contributed by atoms with Crippen LogP contribution in [0, 0.1) is 5.92 Å². The van der Waals surface area contributed by atoms with Crippen LogP contribution in [0.3, 0.4) is 0 Å². The van der Waals surface area contributed by atoms with Crippen molar-refractivity contribution in [2.24, 2.45) is 10.9 Å². The highest BCUT2D eigenvalue weighted by molar-refractivity contribution is 5.80. The van der Waals surface area contributed by atoms with E-state index in [1.807, 2.05) is 4.90 Å². The van der Waals surface area contributed by atoms with E-state index in [4.69, 9.17) is 0 Å². The normalized spacial score (nSPS) is 21.4. The molecule has 0 atom stereocenters. The van der Waals surface area contributed by atoms with Gasteiger partial charge in [-0.3, -0.25) is 9.79 Å². The number of aliphatic hydroxyl groups is 1. The van der Waals surface area contributed by atoms with Crippen LogP contribution in [0.4, 0.5) is 0 Å². The first-order valence-electron chi connectivity index (χ1n) is 11.1. The predicted octanol–water partition coefficient (Wildman–Crippen LogP) is 2.66. The van der Waals surface area contributed by atoms with E-state index in [-0.39, 0.29) is 5.92 Å². The molecule has 1 saturated carbocycles. The van der Waals surface area contributed by atoms with Crippen LogP contribution in [0.15, 0.2) is 4.99 Å². The summed E-state index contributed by atoms with van der Waals surface area (Å²) in [5.41, 5.74) is -0.633. The maximum atomic E-state index is 12.5. The molecule has 0 radical (unpaired) electrons. The van der Waals surface area contributed by atoms with Crippen LogP contribution in [0.5, 0.6) is 0 Å². The van der Waals surface area contributed by atoms with E-state index in [1.165, 1.54) is 6.42 Å². The van der Waals surface area contributed by atoms with Gasteiger partial charge in [-0.25, -0.2) is 0 Å². The SMILES string of the molecule is CCNC(=NCC1(O)CCCCC1)NC1CCN(C(=O)C(CC)CC)CC1. The van der Waals surface area contributed by atoms with Crippen LogP contribution in [0.2, 0.25) is 0 Å². The highest BCUT2D eigenvalue weighted by Gasteiger charge is 2.30. The third kappa shape index (κ3) is 6.66. The maximum absolute atomic E-state index is 12.5. The number of hydrogen-bond acceptors (Lipinski definition) is 3. The lowest BCUT2D eigenvalue weighted by molar-refractivity contribution is -0.136. The molecule has 1 aliphatic heterocycles. The number of amides is 1. The molecule has 2 aliphatic rings. The van der Waals surface area contributed by atoms with Gasteiger partial charge in [-0.1, -0.05) is 33.1 Å². The number of nitrogens with one attached hydrogen (secondary N) is 2. The summed E-state index contributed by atoms with van der Waals surface area (Å²) in [7, 11) is 0. The van der Waals surface area contributed by atoms with Crippen molar-refractivity contribution < 1.29 is 9.90 Å². The first-order chi connectivity index (χ1) is 13.0. The number of carbonyl (C=O) groups excluding carboxylic acids is 1. The van der Waals surface area contributed by atoms with E-state index >= 15 is 0 Å². The molecule has 3 N–H and O–H groups in total. The van der Waals surface area contributed by atoms with Crippen LogP contribution in [0.1, 0.15) is 78.6 Å². The number of aliphatic imine (C=N–C) groups is 1. The van der Waals surface area contributed by atoms with Gasteiger partial charge in [-0.05, 0) is 45.4 Å². The van der Waals surface area contributed by atoms with E-state index in [9.17, 15) is 9.90 Å². The molecule has 6 heteroatoms. The molecule has 27 heavy (non-hydrogen) atoms. The van der Waals surface area contributed by atoms with E-state index in [1.54, 1.807) is 0 Å². The van der Waals surface area contributed by atoms with Crippen molar-refractivity contribution in [2.45, 2.75) is 90.2 Å². The molecule has 0 aromatic heterocycles. The molecule has 156 valence electrons. The smallest absolute Gasteiger partial charge is 0.225 e. The summed E-state index contributed by atoms with van der Waals surface area (Å²) in [6, 6.07) is 0.328. The van der Waals surface area contributed by atoms with Crippen molar-refractivity contribution in [1.82, 2.24) is 15.5 Å². The lowest BCUT2D eigenvalue weighted by Gasteiger charge is -2.35. The highest BCUT2D eigenvalue weighted by Crippen LogP contribution is 2.28. The van der Waals surface area contributed by atoms with Crippen LogP contribution in [-0.4, -0.2) is 59.7 Å². The van der Waals surface area contributed by atoms with Crippen LogP contribution < -0.4 is 10.6 Å². The van der Waals surface area contributed by atoms with Crippen molar-refractivity contribution in [3.05, 3.63) is 0 Å². The quantitative estimate of drug-likeness (QED) is 0.469. The summed E-state index contributed by atoms with van der Waals surface area (Å²) in [5.74, 6) is 1.28. The second-order valence-electron chi connectivity index (χ2n) is 8.24. The third-order valence-electron chi connectivity index (χ3n) is 6.14. The summed E-state index contributed by atoms with van der Waals surface area (Å²) in [4.78, 5) is 19.3. The van der Waals surface area contributed by atoms with Gasteiger partial charge in [0, 0.05) is 31.6 Å². The number of likely N-dealkylation sites (tertiary alicyclic amines) is 1. The predicted molar refractivity (Wildman–Crippen MR) is 111 cm³/mol. The Hall–Kier alpha value is -1.30. The van der Waals surface area contributed by atoms with Crippen molar-refractivity contribution in [3.63, 3.8) is 0 Å². The van der Waals surface area contributed by atoms with E-state index in [2.05, 4.69) is 36.4 Å². The standard InChI is InChI=1S/C21H40N4O2/c1-4-17(5-2)19(26)25-14-10-18(11-15-25)24-20(22-6-3)23-16-21(27)12-8-7-9-13-21/h17-18,27H,4-16H2,1-3H3,(H2,22,23,24). The van der Waals surface area contributed by atoms with Gasteiger partial charge < -0.3 is 20.6 Å². The van der Waals surface area contributed by atoms with Gasteiger partial charge in [-0.15, -0.1) is 0 Å². The summed E-state index contributed by atoms with van der Waals surface area (Å²) in [6.07, 6.45) is 8.86. The van der Waals surface area contributed by atoms with E-state index in [0.29, 0.717) is 18.5 Å². The fraction of sp³-hybridized carbons (Fsp3) is 0.905. The second kappa shape index (κ2) is 10.9. The van der Waals surface area contributed by atoms with Gasteiger partial charge in [0.2, 0.25) is 5.91 Å². The molecule has 1 heterocycles. The van der Waals surface area contributed by atoms with Gasteiger partial charge in [-0.2, -0.15) is 0 Å². The Morgan fingerprint density at radius 3 is 2.33 bits per heavy atom. The fourth-order valence-electron chi connectivity index (χ4n) is 4.25. The molecule has 1 amide bonds. The number of nitrogens with zero attached hydrogens (tertiary/aromatic N) is 2. The topological polar surface area (TPSA) is 77.0 Å². The van der Waals surface area contributed by atoms with Gasteiger partial charge in [0.1, 0.15) is 0 Å². The Morgan fingerprint density at radius 1 is 1.15 bits per heavy atom. The molecular formula is C21H40N4O2. The Kier molecular flexibility index (Phi) is 8.87. The van der Waals surface area contributed by atoms with Gasteiger partial charge in [0.25, 0.3) is 0 Å². The molecule has 0 bridgehead atoms. The number of piperidine rings is 1. The minimum absolute atomic E-state index is 0.171. The van der Waals surface area contributed by atoms with E-state index in [0.717, 1.165) is 77.0 Å². The van der Waals surface area contributed by atoms with Crippen LogP contribution in [-0.2, 0) is 4.79 Å².